The first-order chi connectivity index (χ1) is 5.89. The van der Waals surface area contributed by atoms with Gasteiger partial charge in [-0.25, -0.2) is 0 Å². The van der Waals surface area contributed by atoms with E-state index in [-0.39, 0.29) is 0 Å². The Bertz CT molecular complexity index is 124. The van der Waals surface area contributed by atoms with E-state index in [1.54, 1.807) is 0 Å². The molecule has 0 aliphatic heterocycles. The fourth-order valence-corrected chi connectivity index (χ4v) is 1.77. The number of rotatable bonds is 5. The minimum absolute atomic E-state index is 0.481. The monoisotopic (exact) mass is 185 g/mol. The summed E-state index contributed by atoms with van der Waals surface area (Å²) < 4.78 is 0. The van der Waals surface area contributed by atoms with Gasteiger partial charge in [0.25, 0.3) is 0 Å². The Morgan fingerprint density at radius 1 is 1.15 bits per heavy atom. The molecule has 0 fully saturated rings. The summed E-state index contributed by atoms with van der Waals surface area (Å²) in [4.78, 5) is 2.42. The van der Waals surface area contributed by atoms with Crippen molar-refractivity contribution >= 4 is 0 Å². The maximum absolute atomic E-state index is 2.42. The molecule has 0 aromatic rings. The van der Waals surface area contributed by atoms with Crippen molar-refractivity contribution in [2.24, 2.45) is 11.3 Å². The van der Waals surface area contributed by atoms with E-state index in [1.807, 2.05) is 0 Å². The van der Waals surface area contributed by atoms with Crippen molar-refractivity contribution in [3.05, 3.63) is 0 Å². The standard InChI is InChI=1S/C12H27N/c1-7-11(9-12(3,4)5)10-13(6)8-2/h11H,7-10H2,1-6H3. The van der Waals surface area contributed by atoms with Crippen molar-refractivity contribution in [1.82, 2.24) is 4.90 Å². The molecule has 0 aromatic carbocycles. The normalized spacial score (nSPS) is 15.0. The van der Waals surface area contributed by atoms with Crippen LogP contribution in [0, 0.1) is 11.3 Å². The Kier molecular flexibility index (Phi) is 5.62. The maximum atomic E-state index is 2.42. The van der Waals surface area contributed by atoms with Crippen molar-refractivity contribution in [3.8, 4) is 0 Å². The van der Waals surface area contributed by atoms with Gasteiger partial charge in [-0.15, -0.1) is 0 Å². The fourth-order valence-electron chi connectivity index (χ4n) is 1.77. The van der Waals surface area contributed by atoms with E-state index < -0.39 is 0 Å². The van der Waals surface area contributed by atoms with E-state index in [0.29, 0.717) is 5.41 Å². The molecule has 0 bridgehead atoms. The Balaban J connectivity index is 3.89. The molecule has 0 spiro atoms. The number of hydrogen-bond donors (Lipinski definition) is 0. The molecular weight excluding hydrogens is 158 g/mol. The molecule has 0 aromatic heterocycles. The van der Waals surface area contributed by atoms with Crippen LogP contribution >= 0.6 is 0 Å². The van der Waals surface area contributed by atoms with Gasteiger partial charge < -0.3 is 4.90 Å². The van der Waals surface area contributed by atoms with Crippen molar-refractivity contribution in [2.75, 3.05) is 20.1 Å². The van der Waals surface area contributed by atoms with Crippen LogP contribution in [-0.2, 0) is 0 Å². The molecule has 0 N–H and O–H groups in total. The van der Waals surface area contributed by atoms with Crippen LogP contribution in [0.4, 0.5) is 0 Å². The predicted molar refractivity (Wildman–Crippen MR) is 61.0 cm³/mol. The van der Waals surface area contributed by atoms with E-state index in [9.17, 15) is 0 Å². The second-order valence-corrected chi connectivity index (χ2v) is 5.39. The molecule has 13 heavy (non-hydrogen) atoms. The molecule has 0 rings (SSSR count). The molecule has 1 atom stereocenters. The van der Waals surface area contributed by atoms with Crippen molar-refractivity contribution in [2.45, 2.75) is 47.5 Å². The summed E-state index contributed by atoms with van der Waals surface area (Å²) >= 11 is 0. The highest BCUT2D eigenvalue weighted by Crippen LogP contribution is 2.26. The van der Waals surface area contributed by atoms with Gasteiger partial charge in [0.2, 0.25) is 0 Å². The van der Waals surface area contributed by atoms with E-state index in [2.05, 4.69) is 46.6 Å². The van der Waals surface area contributed by atoms with Crippen LogP contribution in [-0.4, -0.2) is 25.0 Å². The van der Waals surface area contributed by atoms with E-state index in [4.69, 9.17) is 0 Å². The summed E-state index contributed by atoms with van der Waals surface area (Å²) in [5.41, 5.74) is 0.481. The highest BCUT2D eigenvalue weighted by Gasteiger charge is 2.18. The van der Waals surface area contributed by atoms with Gasteiger partial charge in [0.15, 0.2) is 0 Å². The van der Waals surface area contributed by atoms with Gasteiger partial charge in [0.05, 0.1) is 0 Å². The Hall–Kier alpha value is -0.0400. The fraction of sp³-hybridized carbons (Fsp3) is 1.00. The topological polar surface area (TPSA) is 3.24 Å². The summed E-state index contributed by atoms with van der Waals surface area (Å²) in [5.74, 6) is 0.866. The van der Waals surface area contributed by atoms with Crippen LogP contribution < -0.4 is 0 Å². The molecule has 1 nitrogen and oxygen atoms in total. The summed E-state index contributed by atoms with van der Waals surface area (Å²) in [7, 11) is 2.21. The summed E-state index contributed by atoms with van der Waals surface area (Å²) in [6.07, 6.45) is 2.65. The zero-order valence-corrected chi connectivity index (χ0v) is 10.4. The third kappa shape index (κ3) is 7.06. The first-order valence-electron chi connectivity index (χ1n) is 5.57. The third-order valence-electron chi connectivity index (χ3n) is 2.59. The van der Waals surface area contributed by atoms with E-state index >= 15 is 0 Å². The zero-order valence-electron chi connectivity index (χ0n) is 10.4. The lowest BCUT2D eigenvalue weighted by atomic mass is 9.83. The molecule has 0 saturated carbocycles. The molecule has 0 saturated heterocycles. The Morgan fingerprint density at radius 3 is 2.00 bits per heavy atom. The highest BCUT2D eigenvalue weighted by molar-refractivity contribution is 4.70. The maximum Gasteiger partial charge on any atom is 0.000659 e. The van der Waals surface area contributed by atoms with E-state index in [1.165, 1.54) is 25.9 Å². The number of hydrogen-bond acceptors (Lipinski definition) is 1. The Labute approximate surface area is 84.5 Å². The van der Waals surface area contributed by atoms with Gasteiger partial charge >= 0.3 is 0 Å². The third-order valence-corrected chi connectivity index (χ3v) is 2.59. The van der Waals surface area contributed by atoms with Gasteiger partial charge in [0, 0.05) is 6.54 Å². The summed E-state index contributed by atoms with van der Waals surface area (Å²) in [5, 5.41) is 0. The molecule has 0 aliphatic rings. The average Bonchev–Trinajstić information content (AvgIpc) is 2.00. The van der Waals surface area contributed by atoms with Crippen LogP contribution in [0.1, 0.15) is 47.5 Å². The second kappa shape index (κ2) is 5.64. The first-order valence-corrected chi connectivity index (χ1v) is 5.57. The minimum Gasteiger partial charge on any atom is -0.306 e. The van der Waals surface area contributed by atoms with Gasteiger partial charge in [-0.2, -0.15) is 0 Å². The molecule has 0 heterocycles. The van der Waals surface area contributed by atoms with Gasteiger partial charge in [-0.3, -0.25) is 0 Å². The minimum atomic E-state index is 0.481. The van der Waals surface area contributed by atoms with Crippen LogP contribution in [0.5, 0.6) is 0 Å². The first kappa shape index (κ1) is 13.0. The average molecular weight is 185 g/mol. The molecular formula is C12H27N. The number of nitrogens with zero attached hydrogens (tertiary/aromatic N) is 1. The van der Waals surface area contributed by atoms with Gasteiger partial charge in [-0.1, -0.05) is 41.0 Å². The molecule has 0 radical (unpaired) electrons. The molecule has 1 heteroatoms. The Morgan fingerprint density at radius 2 is 1.69 bits per heavy atom. The van der Waals surface area contributed by atoms with Crippen LogP contribution in [0.25, 0.3) is 0 Å². The molecule has 1 unspecified atom stereocenters. The van der Waals surface area contributed by atoms with Crippen LogP contribution in [0.15, 0.2) is 0 Å². The van der Waals surface area contributed by atoms with Gasteiger partial charge in [0.1, 0.15) is 0 Å². The molecule has 0 amide bonds. The zero-order chi connectivity index (χ0) is 10.5. The molecule has 0 aliphatic carbocycles. The summed E-state index contributed by atoms with van der Waals surface area (Å²) in [6, 6.07) is 0. The van der Waals surface area contributed by atoms with Crippen LogP contribution in [0.3, 0.4) is 0 Å². The SMILES string of the molecule is CCC(CN(C)CC)CC(C)(C)C. The second-order valence-electron chi connectivity index (χ2n) is 5.39. The predicted octanol–water partition coefficient (Wildman–Crippen LogP) is 3.40. The lowest BCUT2D eigenvalue weighted by Crippen LogP contribution is -2.27. The van der Waals surface area contributed by atoms with Crippen molar-refractivity contribution in [3.63, 3.8) is 0 Å². The smallest absolute Gasteiger partial charge is 0.000659 e. The molecule has 80 valence electrons. The van der Waals surface area contributed by atoms with Crippen molar-refractivity contribution in [1.29, 1.82) is 0 Å². The summed E-state index contributed by atoms with van der Waals surface area (Å²) in [6.45, 7) is 14.0. The van der Waals surface area contributed by atoms with E-state index in [0.717, 1.165) is 5.92 Å². The quantitative estimate of drug-likeness (QED) is 0.634. The highest BCUT2D eigenvalue weighted by atomic mass is 15.1. The van der Waals surface area contributed by atoms with Crippen LogP contribution in [0.2, 0.25) is 0 Å². The lowest BCUT2D eigenvalue weighted by Gasteiger charge is -2.28. The lowest BCUT2D eigenvalue weighted by molar-refractivity contribution is 0.218. The van der Waals surface area contributed by atoms with Gasteiger partial charge in [-0.05, 0) is 31.3 Å². The largest absolute Gasteiger partial charge is 0.306 e. The van der Waals surface area contributed by atoms with Crippen molar-refractivity contribution < 1.29 is 0 Å².